The molecule has 1 amide bonds. The molecule has 1 heterocycles. The minimum Gasteiger partial charge on any atom is -0.387 e. The van der Waals surface area contributed by atoms with Gasteiger partial charge in [-0.3, -0.25) is 4.79 Å². The topological polar surface area (TPSA) is 35.6 Å². The predicted octanol–water partition coefficient (Wildman–Crippen LogP) is 1.42. The SMILES string of the molecule is CNc1ccc(C)cc1C(=O)N1CCN(C)CC1. The number of aryl methyl sites for hydroxylation is 1. The third-order valence-corrected chi connectivity index (χ3v) is 3.47. The highest BCUT2D eigenvalue weighted by Crippen LogP contribution is 2.19. The van der Waals surface area contributed by atoms with E-state index < -0.39 is 0 Å². The first-order chi connectivity index (χ1) is 8.61. The first-order valence-electron chi connectivity index (χ1n) is 6.38. The summed E-state index contributed by atoms with van der Waals surface area (Å²) in [5.41, 5.74) is 2.80. The largest absolute Gasteiger partial charge is 0.387 e. The lowest BCUT2D eigenvalue weighted by atomic mass is 10.1. The molecular weight excluding hydrogens is 226 g/mol. The minimum atomic E-state index is 0.135. The lowest BCUT2D eigenvalue weighted by Gasteiger charge is -2.32. The molecule has 0 radical (unpaired) electrons. The molecule has 4 heteroatoms. The minimum absolute atomic E-state index is 0.135. The van der Waals surface area contributed by atoms with Crippen molar-refractivity contribution < 1.29 is 4.79 Å². The Bertz CT molecular complexity index is 437. The summed E-state index contributed by atoms with van der Waals surface area (Å²) in [6, 6.07) is 5.96. The van der Waals surface area contributed by atoms with Crippen molar-refractivity contribution in [2.24, 2.45) is 0 Å². The Balaban J connectivity index is 2.20. The number of nitrogens with zero attached hydrogens (tertiary/aromatic N) is 2. The fraction of sp³-hybridized carbons (Fsp3) is 0.500. The molecule has 18 heavy (non-hydrogen) atoms. The quantitative estimate of drug-likeness (QED) is 0.858. The zero-order valence-corrected chi connectivity index (χ0v) is 11.4. The van der Waals surface area contributed by atoms with E-state index in [1.807, 2.05) is 37.1 Å². The van der Waals surface area contributed by atoms with Gasteiger partial charge in [0.1, 0.15) is 0 Å². The fourth-order valence-corrected chi connectivity index (χ4v) is 2.23. The summed E-state index contributed by atoms with van der Waals surface area (Å²) in [7, 11) is 3.94. The maximum absolute atomic E-state index is 12.5. The van der Waals surface area contributed by atoms with E-state index in [2.05, 4.69) is 17.3 Å². The van der Waals surface area contributed by atoms with Gasteiger partial charge < -0.3 is 15.1 Å². The Labute approximate surface area is 109 Å². The van der Waals surface area contributed by atoms with Crippen molar-refractivity contribution in [3.63, 3.8) is 0 Å². The number of carbonyl (C=O) groups excluding carboxylic acids is 1. The van der Waals surface area contributed by atoms with E-state index in [1.54, 1.807) is 0 Å². The summed E-state index contributed by atoms with van der Waals surface area (Å²) in [6.45, 7) is 5.54. The smallest absolute Gasteiger partial charge is 0.256 e. The van der Waals surface area contributed by atoms with Gasteiger partial charge in [-0.1, -0.05) is 11.6 Å². The molecule has 0 unspecified atom stereocenters. The number of amides is 1. The molecule has 4 nitrogen and oxygen atoms in total. The Morgan fingerprint density at radius 2 is 1.89 bits per heavy atom. The molecule has 1 N–H and O–H groups in total. The van der Waals surface area contributed by atoms with Crippen molar-refractivity contribution in [1.29, 1.82) is 0 Å². The van der Waals surface area contributed by atoms with Gasteiger partial charge in [-0.25, -0.2) is 0 Å². The third kappa shape index (κ3) is 2.64. The zero-order valence-electron chi connectivity index (χ0n) is 11.4. The normalized spacial score (nSPS) is 16.7. The van der Waals surface area contributed by atoms with Gasteiger partial charge in [0, 0.05) is 38.9 Å². The van der Waals surface area contributed by atoms with E-state index in [9.17, 15) is 4.79 Å². The molecule has 1 saturated heterocycles. The maximum Gasteiger partial charge on any atom is 0.256 e. The van der Waals surface area contributed by atoms with E-state index >= 15 is 0 Å². The van der Waals surface area contributed by atoms with E-state index in [0.29, 0.717) is 0 Å². The molecule has 98 valence electrons. The van der Waals surface area contributed by atoms with Gasteiger partial charge in [-0.15, -0.1) is 0 Å². The first kappa shape index (κ1) is 12.9. The summed E-state index contributed by atoms with van der Waals surface area (Å²) < 4.78 is 0. The second kappa shape index (κ2) is 5.40. The lowest BCUT2D eigenvalue weighted by Crippen LogP contribution is -2.47. The highest BCUT2D eigenvalue weighted by molar-refractivity contribution is 5.99. The average molecular weight is 247 g/mol. The number of likely N-dealkylation sites (N-methyl/N-ethyl adjacent to an activating group) is 1. The molecule has 1 fully saturated rings. The molecular formula is C14H21N3O. The van der Waals surface area contributed by atoms with Crippen LogP contribution in [0.5, 0.6) is 0 Å². The van der Waals surface area contributed by atoms with E-state index in [-0.39, 0.29) is 5.91 Å². The van der Waals surface area contributed by atoms with Gasteiger partial charge in [-0.05, 0) is 26.1 Å². The van der Waals surface area contributed by atoms with Crippen LogP contribution in [0.2, 0.25) is 0 Å². The number of hydrogen-bond acceptors (Lipinski definition) is 3. The van der Waals surface area contributed by atoms with Crippen molar-refractivity contribution >= 4 is 11.6 Å². The Kier molecular flexibility index (Phi) is 3.87. The van der Waals surface area contributed by atoms with Crippen molar-refractivity contribution in [1.82, 2.24) is 9.80 Å². The Hall–Kier alpha value is -1.55. The third-order valence-electron chi connectivity index (χ3n) is 3.47. The number of rotatable bonds is 2. The number of hydrogen-bond donors (Lipinski definition) is 1. The average Bonchev–Trinajstić information content (AvgIpc) is 2.39. The van der Waals surface area contributed by atoms with Crippen LogP contribution >= 0.6 is 0 Å². The molecule has 1 aliphatic heterocycles. The second-order valence-corrected chi connectivity index (χ2v) is 4.89. The molecule has 1 aromatic rings. The van der Waals surface area contributed by atoms with Crippen LogP contribution in [0.15, 0.2) is 18.2 Å². The highest BCUT2D eigenvalue weighted by Gasteiger charge is 2.22. The summed E-state index contributed by atoms with van der Waals surface area (Å²) in [4.78, 5) is 16.7. The molecule has 0 atom stereocenters. The Morgan fingerprint density at radius 3 is 2.50 bits per heavy atom. The summed E-state index contributed by atoms with van der Waals surface area (Å²) in [6.07, 6.45) is 0. The maximum atomic E-state index is 12.5. The molecule has 0 spiro atoms. The van der Waals surface area contributed by atoms with Gasteiger partial charge in [0.05, 0.1) is 5.56 Å². The van der Waals surface area contributed by atoms with Crippen molar-refractivity contribution in [3.8, 4) is 0 Å². The van der Waals surface area contributed by atoms with E-state index in [0.717, 1.165) is 43.0 Å². The van der Waals surface area contributed by atoms with Gasteiger partial charge in [-0.2, -0.15) is 0 Å². The number of piperazine rings is 1. The Morgan fingerprint density at radius 1 is 1.22 bits per heavy atom. The van der Waals surface area contributed by atoms with Crippen LogP contribution in [0.4, 0.5) is 5.69 Å². The molecule has 0 bridgehead atoms. The van der Waals surface area contributed by atoms with E-state index in [1.165, 1.54) is 0 Å². The molecule has 0 saturated carbocycles. The molecule has 0 aliphatic carbocycles. The van der Waals surface area contributed by atoms with Crippen molar-refractivity contribution in [3.05, 3.63) is 29.3 Å². The molecule has 1 aromatic carbocycles. The monoisotopic (exact) mass is 247 g/mol. The van der Waals surface area contributed by atoms with Gasteiger partial charge in [0.15, 0.2) is 0 Å². The first-order valence-corrected chi connectivity index (χ1v) is 6.38. The number of nitrogens with one attached hydrogen (secondary N) is 1. The van der Waals surface area contributed by atoms with Crippen LogP contribution in [-0.2, 0) is 0 Å². The summed E-state index contributed by atoms with van der Waals surface area (Å²) in [5.74, 6) is 0.135. The number of benzene rings is 1. The van der Waals surface area contributed by atoms with Crippen molar-refractivity contribution in [2.45, 2.75) is 6.92 Å². The standard InChI is InChI=1S/C14H21N3O/c1-11-4-5-13(15-2)12(10-11)14(18)17-8-6-16(3)7-9-17/h4-5,10,15H,6-9H2,1-3H3. The van der Waals surface area contributed by atoms with E-state index in [4.69, 9.17) is 0 Å². The predicted molar refractivity (Wildman–Crippen MR) is 74.1 cm³/mol. The summed E-state index contributed by atoms with van der Waals surface area (Å²) >= 11 is 0. The van der Waals surface area contributed by atoms with Gasteiger partial charge in [0.2, 0.25) is 0 Å². The highest BCUT2D eigenvalue weighted by atomic mass is 16.2. The lowest BCUT2D eigenvalue weighted by molar-refractivity contribution is 0.0665. The van der Waals surface area contributed by atoms with Crippen LogP contribution in [0, 0.1) is 6.92 Å². The van der Waals surface area contributed by atoms with Gasteiger partial charge in [0.25, 0.3) is 5.91 Å². The molecule has 1 aliphatic rings. The second-order valence-electron chi connectivity index (χ2n) is 4.89. The van der Waals surface area contributed by atoms with Crippen LogP contribution in [-0.4, -0.2) is 56.0 Å². The number of anilines is 1. The van der Waals surface area contributed by atoms with Crippen LogP contribution in [0.3, 0.4) is 0 Å². The zero-order chi connectivity index (χ0) is 13.1. The number of carbonyl (C=O) groups is 1. The molecule has 2 rings (SSSR count). The van der Waals surface area contributed by atoms with Crippen molar-refractivity contribution in [2.75, 3.05) is 45.6 Å². The summed E-state index contributed by atoms with van der Waals surface area (Å²) in [5, 5.41) is 3.09. The van der Waals surface area contributed by atoms with Crippen LogP contribution in [0.25, 0.3) is 0 Å². The van der Waals surface area contributed by atoms with Gasteiger partial charge >= 0.3 is 0 Å². The fourth-order valence-electron chi connectivity index (χ4n) is 2.23. The van der Waals surface area contributed by atoms with Crippen LogP contribution < -0.4 is 5.32 Å². The van der Waals surface area contributed by atoms with Crippen LogP contribution in [0.1, 0.15) is 15.9 Å². The molecule has 0 aromatic heterocycles.